The van der Waals surface area contributed by atoms with Gasteiger partial charge in [-0.05, 0) is 30.2 Å². The van der Waals surface area contributed by atoms with Crippen LogP contribution in [0.2, 0.25) is 0 Å². The summed E-state index contributed by atoms with van der Waals surface area (Å²) < 4.78 is 60.4. The Morgan fingerprint density at radius 2 is 1.87 bits per heavy atom. The van der Waals surface area contributed by atoms with Crippen molar-refractivity contribution >= 4 is 16.8 Å². The third-order valence-electron chi connectivity index (χ3n) is 4.60. The molecule has 1 aromatic heterocycles. The van der Waals surface area contributed by atoms with E-state index >= 15 is 0 Å². The lowest BCUT2D eigenvalue weighted by Gasteiger charge is -2.15. The Kier molecular flexibility index (Phi) is 6.39. The number of fused-ring (bicyclic) bond motifs is 1. The van der Waals surface area contributed by atoms with Gasteiger partial charge in [0.2, 0.25) is 5.43 Å². The zero-order valence-electron chi connectivity index (χ0n) is 16.0. The van der Waals surface area contributed by atoms with Gasteiger partial charge in [-0.25, -0.2) is 17.6 Å². The second kappa shape index (κ2) is 8.98. The first-order valence-electron chi connectivity index (χ1n) is 9.05. The largest absolute Gasteiger partial charge is 0.491 e. The first-order valence-corrected chi connectivity index (χ1v) is 9.05. The van der Waals surface area contributed by atoms with Crippen molar-refractivity contribution in [2.45, 2.75) is 13.0 Å². The number of ether oxygens (including phenoxy) is 1. The molecular weight excluding hydrogens is 404 g/mol. The van der Waals surface area contributed by atoms with Crippen LogP contribution in [0.4, 0.5) is 17.6 Å². The minimum atomic E-state index is -1.15. The summed E-state index contributed by atoms with van der Waals surface area (Å²) in [5.74, 6) is -4.12. The molecule has 1 amide bonds. The molecule has 0 aliphatic rings. The Hall–Kier alpha value is -3.36. The number of methoxy groups -OCH3 is 1. The van der Waals surface area contributed by atoms with Crippen LogP contribution in [0.15, 0.2) is 41.3 Å². The molecule has 1 N–H and O–H groups in total. The van der Waals surface area contributed by atoms with Gasteiger partial charge in [0.25, 0.3) is 5.91 Å². The molecule has 1 heterocycles. The Bertz CT molecular complexity index is 1140. The molecule has 0 aliphatic heterocycles. The van der Waals surface area contributed by atoms with E-state index in [0.29, 0.717) is 6.42 Å². The van der Waals surface area contributed by atoms with E-state index in [1.54, 1.807) is 12.1 Å². The second-order valence-corrected chi connectivity index (χ2v) is 6.49. The normalized spacial score (nSPS) is 11.0. The van der Waals surface area contributed by atoms with Crippen LogP contribution in [0, 0.1) is 17.5 Å². The molecule has 2 aromatic carbocycles. The van der Waals surface area contributed by atoms with Crippen LogP contribution >= 0.6 is 0 Å². The number of nitrogens with one attached hydrogen (secondary N) is 1. The molecule has 9 heteroatoms. The molecular formula is C21H18F4N2O3. The fraction of sp³-hybridized carbons (Fsp3) is 0.238. The van der Waals surface area contributed by atoms with Gasteiger partial charge in [0, 0.05) is 12.7 Å². The van der Waals surface area contributed by atoms with E-state index < -0.39 is 40.8 Å². The molecule has 0 atom stereocenters. The maximum Gasteiger partial charge on any atom is 0.256 e. The number of nitrogens with zero attached hydrogens (tertiary/aromatic N) is 1. The van der Waals surface area contributed by atoms with Crippen LogP contribution < -0.4 is 15.5 Å². The van der Waals surface area contributed by atoms with E-state index in [1.807, 2.05) is 0 Å². The number of aryl methyl sites for hydroxylation is 1. The summed E-state index contributed by atoms with van der Waals surface area (Å²) >= 11 is 0. The lowest BCUT2D eigenvalue weighted by atomic mass is 10.1. The number of halogens is 4. The average Bonchev–Trinajstić information content (AvgIpc) is 2.71. The Balaban J connectivity index is 1.95. The predicted molar refractivity (Wildman–Crippen MR) is 103 cm³/mol. The van der Waals surface area contributed by atoms with E-state index in [1.165, 1.54) is 12.1 Å². The van der Waals surface area contributed by atoms with Crippen LogP contribution in [0.5, 0.6) is 5.75 Å². The molecule has 0 spiro atoms. The molecule has 3 aromatic rings. The van der Waals surface area contributed by atoms with Crippen LogP contribution in [-0.2, 0) is 13.0 Å². The number of hydrogen-bond donors (Lipinski definition) is 1. The third kappa shape index (κ3) is 4.14. The SMILES string of the molecule is COc1c(F)cc2c(=O)c(C(=O)NCCc3ccc(F)cc3)cn(CCF)c2c1F. The number of alkyl halides is 1. The number of pyridine rings is 1. The van der Waals surface area contributed by atoms with Gasteiger partial charge in [0.15, 0.2) is 17.4 Å². The summed E-state index contributed by atoms with van der Waals surface area (Å²) in [6.45, 7) is -1.11. The van der Waals surface area contributed by atoms with E-state index in [4.69, 9.17) is 0 Å². The monoisotopic (exact) mass is 422 g/mol. The van der Waals surface area contributed by atoms with Gasteiger partial charge in [-0.15, -0.1) is 0 Å². The molecule has 0 bridgehead atoms. The molecule has 0 unspecified atom stereocenters. The fourth-order valence-corrected chi connectivity index (χ4v) is 3.15. The van der Waals surface area contributed by atoms with Gasteiger partial charge in [0.05, 0.1) is 24.6 Å². The first kappa shape index (κ1) is 21.4. The summed E-state index contributed by atoms with van der Waals surface area (Å²) in [6.07, 6.45) is 1.41. The lowest BCUT2D eigenvalue weighted by Crippen LogP contribution is -2.31. The van der Waals surface area contributed by atoms with Crippen LogP contribution in [0.3, 0.4) is 0 Å². The van der Waals surface area contributed by atoms with Crippen molar-refractivity contribution < 1.29 is 27.1 Å². The highest BCUT2D eigenvalue weighted by Crippen LogP contribution is 2.28. The Morgan fingerprint density at radius 3 is 2.50 bits per heavy atom. The maximum absolute atomic E-state index is 14.7. The molecule has 0 radical (unpaired) electrons. The van der Waals surface area contributed by atoms with E-state index in [2.05, 4.69) is 10.1 Å². The number of rotatable bonds is 7. The smallest absolute Gasteiger partial charge is 0.256 e. The summed E-state index contributed by atoms with van der Waals surface area (Å²) in [5, 5.41) is 2.14. The maximum atomic E-state index is 14.7. The van der Waals surface area contributed by atoms with Crippen molar-refractivity contribution in [2.24, 2.45) is 0 Å². The van der Waals surface area contributed by atoms with Gasteiger partial charge in [-0.3, -0.25) is 9.59 Å². The second-order valence-electron chi connectivity index (χ2n) is 6.49. The Morgan fingerprint density at radius 1 is 1.17 bits per heavy atom. The van der Waals surface area contributed by atoms with Crippen molar-refractivity contribution in [3.05, 3.63) is 75.3 Å². The minimum Gasteiger partial charge on any atom is -0.491 e. The zero-order chi connectivity index (χ0) is 21.8. The minimum absolute atomic E-state index is 0.135. The van der Waals surface area contributed by atoms with E-state index in [-0.39, 0.29) is 30.0 Å². The van der Waals surface area contributed by atoms with Crippen molar-refractivity contribution in [2.75, 3.05) is 20.3 Å². The van der Waals surface area contributed by atoms with Crippen LogP contribution in [-0.4, -0.2) is 30.8 Å². The molecule has 0 aliphatic carbocycles. The average molecular weight is 422 g/mol. The van der Waals surface area contributed by atoms with Gasteiger partial charge < -0.3 is 14.6 Å². The molecule has 0 fully saturated rings. The molecule has 0 saturated carbocycles. The standard InChI is InChI=1S/C21H18F4N2O3/c1-30-20-16(24)10-14-18(17(20)25)27(9-7-22)11-15(19(14)28)21(29)26-8-6-12-2-4-13(23)5-3-12/h2-5,10-11H,6-9H2,1H3,(H,26,29). The number of hydrogen-bond acceptors (Lipinski definition) is 3. The number of carbonyl (C=O) groups is 1. The zero-order valence-corrected chi connectivity index (χ0v) is 16.0. The highest BCUT2D eigenvalue weighted by molar-refractivity contribution is 5.97. The van der Waals surface area contributed by atoms with E-state index in [9.17, 15) is 27.2 Å². The quantitative estimate of drug-likeness (QED) is 0.594. The van der Waals surface area contributed by atoms with Crippen LogP contribution in [0.1, 0.15) is 15.9 Å². The summed E-state index contributed by atoms with van der Waals surface area (Å²) in [5.41, 5.74) is -0.848. The molecule has 5 nitrogen and oxygen atoms in total. The number of amides is 1. The summed E-state index contributed by atoms with van der Waals surface area (Å²) in [7, 11) is 1.06. The van der Waals surface area contributed by atoms with Crippen molar-refractivity contribution in [1.82, 2.24) is 9.88 Å². The predicted octanol–water partition coefficient (Wildman–Crippen LogP) is 3.37. The molecule has 158 valence electrons. The van der Waals surface area contributed by atoms with E-state index in [0.717, 1.165) is 29.5 Å². The number of benzene rings is 2. The molecule has 30 heavy (non-hydrogen) atoms. The van der Waals surface area contributed by atoms with Crippen molar-refractivity contribution in [1.29, 1.82) is 0 Å². The topological polar surface area (TPSA) is 60.3 Å². The van der Waals surface area contributed by atoms with Gasteiger partial charge in [-0.2, -0.15) is 0 Å². The highest BCUT2D eigenvalue weighted by atomic mass is 19.1. The first-order chi connectivity index (χ1) is 14.4. The molecule has 3 rings (SSSR count). The van der Waals surface area contributed by atoms with Gasteiger partial charge in [0.1, 0.15) is 18.1 Å². The molecule has 0 saturated heterocycles. The number of carbonyl (C=O) groups excluding carboxylic acids is 1. The third-order valence-corrected chi connectivity index (χ3v) is 4.60. The highest BCUT2D eigenvalue weighted by Gasteiger charge is 2.22. The van der Waals surface area contributed by atoms with Crippen LogP contribution in [0.25, 0.3) is 10.9 Å². The van der Waals surface area contributed by atoms with Gasteiger partial charge in [-0.1, -0.05) is 12.1 Å². The fourth-order valence-electron chi connectivity index (χ4n) is 3.15. The van der Waals surface area contributed by atoms with Gasteiger partial charge >= 0.3 is 0 Å². The Labute approximate surface area is 168 Å². The van der Waals surface area contributed by atoms with Crippen molar-refractivity contribution in [3.8, 4) is 5.75 Å². The summed E-state index contributed by atoms with van der Waals surface area (Å²) in [6, 6.07) is 6.46. The summed E-state index contributed by atoms with van der Waals surface area (Å²) in [4.78, 5) is 25.2. The van der Waals surface area contributed by atoms with Crippen molar-refractivity contribution in [3.63, 3.8) is 0 Å². The lowest BCUT2D eigenvalue weighted by molar-refractivity contribution is 0.0952. The number of aromatic nitrogens is 1.